The van der Waals surface area contributed by atoms with Crippen molar-refractivity contribution >= 4 is 33.4 Å². The Labute approximate surface area is 149 Å². The van der Waals surface area contributed by atoms with E-state index >= 15 is 0 Å². The van der Waals surface area contributed by atoms with Gasteiger partial charge < -0.3 is 9.32 Å². The maximum absolute atomic E-state index is 12.4. The Morgan fingerprint density at radius 1 is 1.22 bits per heavy atom. The molecule has 0 atom stereocenters. The number of carbonyl (C=O) groups is 1. The molecule has 0 radical (unpaired) electrons. The van der Waals surface area contributed by atoms with Crippen LogP contribution >= 0.6 is 27.5 Å². The third-order valence-electron chi connectivity index (χ3n) is 4.02. The fraction of sp³-hybridized carbons (Fsp3) is 0.353. The summed E-state index contributed by atoms with van der Waals surface area (Å²) in [6.45, 7) is 5.71. The van der Waals surface area contributed by atoms with Gasteiger partial charge in [0.05, 0.1) is 0 Å². The number of carbonyl (C=O) groups excluding carboxylic acids is 1. The maximum Gasteiger partial charge on any atom is 0.289 e. The molecule has 0 saturated carbocycles. The molecular weight excluding hydrogens is 380 g/mol. The van der Waals surface area contributed by atoms with Gasteiger partial charge in [0.2, 0.25) is 0 Å². The zero-order valence-corrected chi connectivity index (χ0v) is 15.2. The lowest BCUT2D eigenvalue weighted by atomic mass is 10.2. The Morgan fingerprint density at radius 3 is 2.57 bits per heavy atom. The second kappa shape index (κ2) is 7.07. The molecule has 6 heteroatoms. The van der Waals surface area contributed by atoms with Gasteiger partial charge in [-0.05, 0) is 36.8 Å². The van der Waals surface area contributed by atoms with E-state index in [0.717, 1.165) is 40.5 Å². The van der Waals surface area contributed by atoms with Crippen LogP contribution < -0.4 is 0 Å². The number of furan rings is 1. The van der Waals surface area contributed by atoms with E-state index in [1.54, 1.807) is 6.07 Å². The molecule has 23 heavy (non-hydrogen) atoms. The highest BCUT2D eigenvalue weighted by Gasteiger charge is 2.24. The quantitative estimate of drug-likeness (QED) is 0.786. The Kier molecular flexibility index (Phi) is 5.09. The van der Waals surface area contributed by atoms with Gasteiger partial charge in [-0.2, -0.15) is 0 Å². The van der Waals surface area contributed by atoms with E-state index in [2.05, 4.69) is 20.8 Å². The Morgan fingerprint density at radius 2 is 1.96 bits per heavy atom. The molecule has 0 N–H and O–H groups in total. The molecule has 0 aliphatic carbocycles. The molecule has 2 aromatic rings. The molecule has 122 valence electrons. The van der Waals surface area contributed by atoms with E-state index in [-0.39, 0.29) is 5.91 Å². The second-order valence-corrected chi connectivity index (χ2v) is 7.04. The highest BCUT2D eigenvalue weighted by molar-refractivity contribution is 9.10. The molecule has 1 amide bonds. The molecule has 1 aromatic carbocycles. The van der Waals surface area contributed by atoms with Crippen molar-refractivity contribution < 1.29 is 9.21 Å². The van der Waals surface area contributed by atoms with E-state index < -0.39 is 0 Å². The zero-order valence-electron chi connectivity index (χ0n) is 12.9. The number of halogens is 2. The highest BCUT2D eigenvalue weighted by atomic mass is 79.9. The fourth-order valence-corrected chi connectivity index (χ4v) is 3.44. The van der Waals surface area contributed by atoms with Crippen molar-refractivity contribution in [3.8, 4) is 0 Å². The first-order chi connectivity index (χ1) is 11.0. The van der Waals surface area contributed by atoms with E-state index in [1.807, 2.05) is 36.1 Å². The molecule has 1 aliphatic heterocycles. The molecule has 0 bridgehead atoms. The number of amides is 1. The molecule has 2 heterocycles. The normalized spacial score (nSPS) is 15.9. The minimum absolute atomic E-state index is 0.0283. The summed E-state index contributed by atoms with van der Waals surface area (Å²) in [5.41, 5.74) is 1.11. The molecule has 3 rings (SSSR count). The lowest BCUT2D eigenvalue weighted by molar-refractivity contribution is 0.0596. The summed E-state index contributed by atoms with van der Waals surface area (Å²) in [6.07, 6.45) is 0. The summed E-state index contributed by atoms with van der Waals surface area (Å²) in [6, 6.07) is 9.51. The Balaban J connectivity index is 1.57. The molecular formula is C17H18BrClN2O2. The van der Waals surface area contributed by atoms with Gasteiger partial charge in [-0.1, -0.05) is 33.6 Å². The first kappa shape index (κ1) is 16.6. The molecule has 1 aliphatic rings. The van der Waals surface area contributed by atoms with Crippen molar-refractivity contribution in [2.45, 2.75) is 13.5 Å². The standard InChI is InChI=1S/C17H18BrClN2O2/c1-12-2-5-16(23-12)17(22)21-8-6-20(7-9-21)11-13-3-4-14(18)10-15(13)19/h2-5,10H,6-9,11H2,1H3. The topological polar surface area (TPSA) is 36.7 Å². The van der Waals surface area contributed by atoms with Crippen LogP contribution in [0.3, 0.4) is 0 Å². The summed E-state index contributed by atoms with van der Waals surface area (Å²) in [4.78, 5) is 16.5. The van der Waals surface area contributed by atoms with Crippen LogP contribution in [0.5, 0.6) is 0 Å². The van der Waals surface area contributed by atoms with Gasteiger partial charge >= 0.3 is 0 Å². The summed E-state index contributed by atoms with van der Waals surface area (Å²) < 4.78 is 6.40. The number of hydrogen-bond acceptors (Lipinski definition) is 3. The SMILES string of the molecule is Cc1ccc(C(=O)N2CCN(Cc3ccc(Br)cc3Cl)CC2)o1. The zero-order chi connectivity index (χ0) is 16.4. The predicted molar refractivity (Wildman–Crippen MR) is 93.8 cm³/mol. The van der Waals surface area contributed by atoms with Crippen LogP contribution in [0.25, 0.3) is 0 Å². The molecule has 0 unspecified atom stereocenters. The van der Waals surface area contributed by atoms with Crippen LogP contribution in [0.4, 0.5) is 0 Å². The molecule has 4 nitrogen and oxygen atoms in total. The fourth-order valence-electron chi connectivity index (χ4n) is 2.71. The average molecular weight is 398 g/mol. The maximum atomic E-state index is 12.4. The van der Waals surface area contributed by atoms with Gasteiger partial charge in [0, 0.05) is 42.2 Å². The lowest BCUT2D eigenvalue weighted by Crippen LogP contribution is -2.48. The summed E-state index contributed by atoms with van der Waals surface area (Å²) >= 11 is 9.69. The summed E-state index contributed by atoms with van der Waals surface area (Å²) in [7, 11) is 0. The van der Waals surface area contributed by atoms with Crippen molar-refractivity contribution in [3.05, 3.63) is 56.9 Å². The highest BCUT2D eigenvalue weighted by Crippen LogP contribution is 2.23. The first-order valence-corrected chi connectivity index (χ1v) is 8.72. The van der Waals surface area contributed by atoms with Crippen molar-refractivity contribution in [2.75, 3.05) is 26.2 Å². The summed E-state index contributed by atoms with van der Waals surface area (Å²) in [5, 5.41) is 0.768. The predicted octanol–water partition coefficient (Wildman–Crippen LogP) is 3.96. The number of hydrogen-bond donors (Lipinski definition) is 0. The van der Waals surface area contributed by atoms with Gasteiger partial charge in [-0.25, -0.2) is 0 Å². The van der Waals surface area contributed by atoms with Gasteiger partial charge in [0.1, 0.15) is 5.76 Å². The first-order valence-electron chi connectivity index (χ1n) is 7.55. The lowest BCUT2D eigenvalue weighted by Gasteiger charge is -2.34. The van der Waals surface area contributed by atoms with Gasteiger partial charge in [0.15, 0.2) is 5.76 Å². The number of benzene rings is 1. The van der Waals surface area contributed by atoms with Gasteiger partial charge in [-0.3, -0.25) is 9.69 Å². The second-order valence-electron chi connectivity index (χ2n) is 5.71. The van der Waals surface area contributed by atoms with Crippen molar-refractivity contribution in [1.82, 2.24) is 9.80 Å². The number of nitrogens with zero attached hydrogens (tertiary/aromatic N) is 2. The van der Waals surface area contributed by atoms with E-state index in [9.17, 15) is 4.79 Å². The monoisotopic (exact) mass is 396 g/mol. The van der Waals surface area contributed by atoms with Crippen LogP contribution in [0.1, 0.15) is 21.9 Å². The number of piperazine rings is 1. The molecule has 1 saturated heterocycles. The number of aryl methyl sites for hydroxylation is 1. The van der Waals surface area contributed by atoms with Crippen molar-refractivity contribution in [2.24, 2.45) is 0 Å². The molecule has 1 aromatic heterocycles. The molecule has 1 fully saturated rings. The van der Waals surface area contributed by atoms with Crippen LogP contribution in [0, 0.1) is 6.92 Å². The largest absolute Gasteiger partial charge is 0.456 e. The molecule has 0 spiro atoms. The van der Waals surface area contributed by atoms with Gasteiger partial charge in [-0.15, -0.1) is 0 Å². The Bertz CT molecular complexity index is 708. The van der Waals surface area contributed by atoms with Crippen LogP contribution in [0.15, 0.2) is 39.2 Å². The average Bonchev–Trinajstić information content (AvgIpc) is 2.97. The minimum atomic E-state index is -0.0283. The summed E-state index contributed by atoms with van der Waals surface area (Å²) in [5.74, 6) is 1.16. The van der Waals surface area contributed by atoms with Gasteiger partial charge in [0.25, 0.3) is 5.91 Å². The Hall–Kier alpha value is -1.30. The van der Waals surface area contributed by atoms with E-state index in [0.29, 0.717) is 18.8 Å². The minimum Gasteiger partial charge on any atom is -0.456 e. The van der Waals surface area contributed by atoms with Crippen LogP contribution in [-0.2, 0) is 6.54 Å². The third kappa shape index (κ3) is 3.97. The smallest absolute Gasteiger partial charge is 0.289 e. The van der Waals surface area contributed by atoms with Crippen LogP contribution in [0.2, 0.25) is 5.02 Å². The van der Waals surface area contributed by atoms with E-state index in [4.69, 9.17) is 16.0 Å². The number of rotatable bonds is 3. The van der Waals surface area contributed by atoms with Crippen LogP contribution in [-0.4, -0.2) is 41.9 Å². The van der Waals surface area contributed by atoms with E-state index in [1.165, 1.54) is 0 Å². The third-order valence-corrected chi connectivity index (χ3v) is 4.86. The van der Waals surface area contributed by atoms with Crippen molar-refractivity contribution in [1.29, 1.82) is 0 Å². The van der Waals surface area contributed by atoms with Crippen molar-refractivity contribution in [3.63, 3.8) is 0 Å².